The molecule has 4 rings (SSSR count). The number of benzene rings is 2. The van der Waals surface area contributed by atoms with Crippen molar-refractivity contribution in [3.05, 3.63) is 102 Å². The number of pyridine rings is 1. The lowest BCUT2D eigenvalue weighted by atomic mass is 9.90. The Labute approximate surface area is 201 Å². The SMILES string of the molecule is O=C(O)CCC=CCC[C@H]1[C@H](OCc2ccc(-c3ccccc3)cc2)CO[C@H]1c1cccnc1. The number of aromatic nitrogens is 1. The molecule has 0 spiro atoms. The molecule has 5 nitrogen and oxygen atoms in total. The molecule has 2 aromatic carbocycles. The van der Waals surface area contributed by atoms with Gasteiger partial charge >= 0.3 is 5.97 Å². The molecule has 176 valence electrons. The van der Waals surface area contributed by atoms with E-state index in [1.165, 1.54) is 11.1 Å². The van der Waals surface area contributed by atoms with Gasteiger partial charge in [0.1, 0.15) is 0 Å². The molecule has 1 N–H and O–H groups in total. The van der Waals surface area contributed by atoms with Crippen molar-refractivity contribution >= 4 is 5.97 Å². The second kappa shape index (κ2) is 12.3. The van der Waals surface area contributed by atoms with E-state index in [0.717, 1.165) is 24.0 Å². The summed E-state index contributed by atoms with van der Waals surface area (Å²) in [6.45, 7) is 1.09. The quantitative estimate of drug-likeness (QED) is 0.346. The van der Waals surface area contributed by atoms with E-state index in [0.29, 0.717) is 19.6 Å². The smallest absolute Gasteiger partial charge is 0.303 e. The van der Waals surface area contributed by atoms with Crippen LogP contribution in [0.2, 0.25) is 0 Å². The fraction of sp³-hybridized carbons (Fsp3) is 0.310. The van der Waals surface area contributed by atoms with Crippen LogP contribution < -0.4 is 0 Å². The van der Waals surface area contributed by atoms with E-state index in [9.17, 15) is 4.79 Å². The number of ether oxygens (including phenoxy) is 2. The Balaban J connectivity index is 1.37. The van der Waals surface area contributed by atoms with Crippen molar-refractivity contribution in [2.75, 3.05) is 6.61 Å². The van der Waals surface area contributed by atoms with Crippen molar-refractivity contribution < 1.29 is 19.4 Å². The van der Waals surface area contributed by atoms with Gasteiger partial charge in [0.05, 0.1) is 25.4 Å². The topological polar surface area (TPSA) is 68.7 Å². The highest BCUT2D eigenvalue weighted by Crippen LogP contribution is 2.39. The highest BCUT2D eigenvalue weighted by molar-refractivity contribution is 5.66. The molecular formula is C29H31NO4. The van der Waals surface area contributed by atoms with Crippen LogP contribution in [-0.4, -0.2) is 28.8 Å². The normalized spacial score (nSPS) is 20.1. The van der Waals surface area contributed by atoms with Gasteiger partial charge in [0.2, 0.25) is 0 Å². The number of hydrogen-bond donors (Lipinski definition) is 1. The monoisotopic (exact) mass is 457 g/mol. The lowest BCUT2D eigenvalue weighted by Crippen LogP contribution is -2.23. The first kappa shape index (κ1) is 23.9. The van der Waals surface area contributed by atoms with Crippen LogP contribution in [0.4, 0.5) is 0 Å². The Morgan fingerprint density at radius 3 is 2.50 bits per heavy atom. The molecule has 3 aromatic rings. The molecule has 3 atom stereocenters. The van der Waals surface area contributed by atoms with E-state index < -0.39 is 5.97 Å². The molecule has 1 fully saturated rings. The van der Waals surface area contributed by atoms with Gasteiger partial charge in [-0.2, -0.15) is 0 Å². The van der Waals surface area contributed by atoms with Crippen LogP contribution in [0.25, 0.3) is 11.1 Å². The molecule has 2 heterocycles. The van der Waals surface area contributed by atoms with E-state index in [4.69, 9.17) is 14.6 Å². The predicted molar refractivity (Wildman–Crippen MR) is 132 cm³/mol. The van der Waals surface area contributed by atoms with Gasteiger partial charge < -0.3 is 14.6 Å². The number of allylic oxidation sites excluding steroid dienone is 2. The largest absolute Gasteiger partial charge is 0.481 e. The van der Waals surface area contributed by atoms with Crippen LogP contribution in [-0.2, 0) is 20.9 Å². The van der Waals surface area contributed by atoms with Crippen LogP contribution in [0.3, 0.4) is 0 Å². The maximum Gasteiger partial charge on any atom is 0.303 e. The minimum Gasteiger partial charge on any atom is -0.481 e. The predicted octanol–water partition coefficient (Wildman–Crippen LogP) is 6.22. The highest BCUT2D eigenvalue weighted by Gasteiger charge is 2.38. The summed E-state index contributed by atoms with van der Waals surface area (Å²) in [5.41, 5.74) is 4.60. The standard InChI is InChI=1S/C29H31NO4/c31-28(32)13-7-2-1-6-12-26-27(21-34-29(26)25-11-8-18-30-19-25)33-20-22-14-16-24(17-15-22)23-9-4-3-5-10-23/h1-5,8-11,14-19,26-27,29H,6-7,12-13,20-21H2,(H,31,32)/t26-,27+,29-/m0/s1. The van der Waals surface area contributed by atoms with Crippen LogP contribution >= 0.6 is 0 Å². The van der Waals surface area contributed by atoms with Gasteiger partial charge in [0.25, 0.3) is 0 Å². The van der Waals surface area contributed by atoms with E-state index >= 15 is 0 Å². The highest BCUT2D eigenvalue weighted by atomic mass is 16.6. The van der Waals surface area contributed by atoms with Crippen molar-refractivity contribution in [3.8, 4) is 11.1 Å². The molecule has 1 aromatic heterocycles. The number of carboxylic acids is 1. The summed E-state index contributed by atoms with van der Waals surface area (Å²) in [4.78, 5) is 15.0. The van der Waals surface area contributed by atoms with Crippen molar-refractivity contribution in [2.24, 2.45) is 5.92 Å². The van der Waals surface area contributed by atoms with E-state index in [-0.39, 0.29) is 24.5 Å². The molecule has 0 bridgehead atoms. The fourth-order valence-electron chi connectivity index (χ4n) is 4.40. The van der Waals surface area contributed by atoms with Crippen molar-refractivity contribution in [1.29, 1.82) is 0 Å². The Bertz CT molecular complexity index is 1050. The van der Waals surface area contributed by atoms with E-state index in [1.54, 1.807) is 6.20 Å². The second-order valence-electron chi connectivity index (χ2n) is 8.60. The third-order valence-electron chi connectivity index (χ3n) is 6.20. The Kier molecular flexibility index (Phi) is 8.60. The third-order valence-corrected chi connectivity index (χ3v) is 6.20. The second-order valence-corrected chi connectivity index (χ2v) is 8.60. The van der Waals surface area contributed by atoms with Crippen molar-refractivity contribution in [2.45, 2.75) is 44.5 Å². The maximum atomic E-state index is 10.7. The third kappa shape index (κ3) is 6.62. The number of aliphatic carboxylic acids is 1. The summed E-state index contributed by atoms with van der Waals surface area (Å²) in [7, 11) is 0. The zero-order valence-electron chi connectivity index (χ0n) is 19.3. The average Bonchev–Trinajstić information content (AvgIpc) is 3.28. The Morgan fingerprint density at radius 1 is 1.00 bits per heavy atom. The number of hydrogen-bond acceptors (Lipinski definition) is 4. The van der Waals surface area contributed by atoms with Gasteiger partial charge in [-0.25, -0.2) is 0 Å². The summed E-state index contributed by atoms with van der Waals surface area (Å²) in [5.74, 6) is -0.562. The first-order valence-electron chi connectivity index (χ1n) is 11.8. The van der Waals surface area contributed by atoms with Gasteiger partial charge in [-0.05, 0) is 47.6 Å². The molecular weight excluding hydrogens is 426 g/mol. The minimum absolute atomic E-state index is 0.00794. The summed E-state index contributed by atoms with van der Waals surface area (Å²) < 4.78 is 12.5. The van der Waals surface area contributed by atoms with Crippen molar-refractivity contribution in [1.82, 2.24) is 4.98 Å². The Hall–Kier alpha value is -3.28. The minimum atomic E-state index is -0.768. The Morgan fingerprint density at radius 2 is 1.76 bits per heavy atom. The summed E-state index contributed by atoms with van der Waals surface area (Å²) in [6, 6.07) is 22.8. The maximum absolute atomic E-state index is 10.7. The fourth-order valence-corrected chi connectivity index (χ4v) is 4.40. The zero-order chi connectivity index (χ0) is 23.6. The van der Waals surface area contributed by atoms with Crippen LogP contribution in [0.15, 0.2) is 91.3 Å². The van der Waals surface area contributed by atoms with E-state index in [1.807, 2.05) is 36.5 Å². The number of carboxylic acid groups (broad SMARTS) is 1. The van der Waals surface area contributed by atoms with Gasteiger partial charge in [0, 0.05) is 24.7 Å². The molecule has 0 saturated carbocycles. The first-order valence-corrected chi connectivity index (χ1v) is 11.8. The number of carbonyl (C=O) groups is 1. The molecule has 0 amide bonds. The molecule has 5 heteroatoms. The van der Waals surface area contributed by atoms with Crippen LogP contribution in [0.5, 0.6) is 0 Å². The molecule has 0 radical (unpaired) electrons. The van der Waals surface area contributed by atoms with Crippen LogP contribution in [0.1, 0.15) is 42.9 Å². The molecule has 0 unspecified atom stereocenters. The summed E-state index contributed by atoms with van der Waals surface area (Å²) in [5, 5.41) is 8.79. The average molecular weight is 458 g/mol. The van der Waals surface area contributed by atoms with Gasteiger partial charge in [0.15, 0.2) is 0 Å². The van der Waals surface area contributed by atoms with Crippen LogP contribution in [0, 0.1) is 5.92 Å². The summed E-state index contributed by atoms with van der Waals surface area (Å²) in [6.07, 6.45) is 10.1. The molecule has 1 aliphatic heterocycles. The lowest BCUT2D eigenvalue weighted by molar-refractivity contribution is -0.136. The van der Waals surface area contributed by atoms with E-state index in [2.05, 4.69) is 53.5 Å². The number of nitrogens with zero attached hydrogens (tertiary/aromatic N) is 1. The molecule has 1 saturated heterocycles. The molecule has 34 heavy (non-hydrogen) atoms. The molecule has 0 aliphatic carbocycles. The number of rotatable bonds is 11. The molecule has 1 aliphatic rings. The zero-order valence-corrected chi connectivity index (χ0v) is 19.3. The van der Waals surface area contributed by atoms with Crippen molar-refractivity contribution in [3.63, 3.8) is 0 Å². The summed E-state index contributed by atoms with van der Waals surface area (Å²) >= 11 is 0. The van der Waals surface area contributed by atoms with Gasteiger partial charge in [-0.3, -0.25) is 9.78 Å². The lowest BCUT2D eigenvalue weighted by Gasteiger charge is -2.23. The van der Waals surface area contributed by atoms with Gasteiger partial charge in [-0.15, -0.1) is 0 Å². The first-order chi connectivity index (χ1) is 16.7. The van der Waals surface area contributed by atoms with Gasteiger partial charge in [-0.1, -0.05) is 72.8 Å².